The number of morpholine rings is 1. The quantitative estimate of drug-likeness (QED) is 0.209. The number of urea groups is 1. The van der Waals surface area contributed by atoms with Crippen LogP contribution >= 0.6 is 0 Å². The average Bonchev–Trinajstić information content (AvgIpc) is 1.37. The molecule has 1 saturated heterocycles. The van der Waals surface area contributed by atoms with Gasteiger partial charge in [-0.1, -0.05) is 678 Å². The van der Waals surface area contributed by atoms with Crippen molar-refractivity contribution < 1.29 is 9.53 Å². The smallest absolute Gasteiger partial charge is 0.324 e. The van der Waals surface area contributed by atoms with Crippen LogP contribution in [0.5, 0.6) is 0 Å². The second-order valence-electron chi connectivity index (χ2n) is 45.7. The molecule has 1 aromatic heterocycles. The van der Waals surface area contributed by atoms with Crippen LogP contribution in [0.4, 0.5) is 16.3 Å². The highest BCUT2D eigenvalue weighted by atomic mass is 16.5. The molecule has 2 heterocycles. The van der Waals surface area contributed by atoms with Crippen molar-refractivity contribution in [2.75, 3.05) is 36.9 Å². The topological polar surface area (TPSA) is 71.4 Å². The van der Waals surface area contributed by atoms with Gasteiger partial charge in [-0.05, 0) is 60.9 Å². The van der Waals surface area contributed by atoms with Crippen LogP contribution in [0.3, 0.4) is 0 Å². The fourth-order valence-corrected chi connectivity index (χ4v) is 22.6. The molecule has 1 atom stereocenters. The number of amides is 2. The minimum atomic E-state index is -0.273. The number of nitrogens with zero attached hydrogens (tertiary/aromatic N) is 3. The lowest BCUT2D eigenvalue weighted by Crippen LogP contribution is -2.42. The highest BCUT2D eigenvalue weighted by molar-refractivity contribution is 6.08. The zero-order valence-electron chi connectivity index (χ0n) is 91.6. The summed E-state index contributed by atoms with van der Waals surface area (Å²) in [7, 11) is 0. The Balaban J connectivity index is 0.832. The van der Waals surface area contributed by atoms with Crippen LogP contribution in [-0.4, -0.2) is 53.1 Å². The number of allylic oxidation sites excluding steroid dienone is 1. The Morgan fingerprint density at radius 1 is 0.294 bits per heavy atom. The maximum Gasteiger partial charge on any atom is 0.324 e. The third-order valence-corrected chi connectivity index (χ3v) is 31.9. The molecule has 1 aliphatic heterocycles. The van der Waals surface area contributed by atoms with E-state index in [1.807, 2.05) is 10.7 Å². The number of hydrogen-bond acceptors (Lipinski definition) is 4. The fourth-order valence-electron chi connectivity index (χ4n) is 22.6. The van der Waals surface area contributed by atoms with E-state index in [4.69, 9.17) is 9.84 Å². The molecule has 4 aromatic rings. The monoisotopic (exact) mass is 1880 g/mol. The number of hydrogen-bond donors (Lipinski definition) is 2. The first-order chi connectivity index (χ1) is 67.3. The first-order valence-electron chi connectivity index (χ1n) is 62.1. The van der Waals surface area contributed by atoms with Gasteiger partial charge in [-0.3, -0.25) is 10.2 Å². The molecule has 0 spiro atoms. The van der Waals surface area contributed by atoms with E-state index in [0.29, 0.717) is 11.9 Å². The second kappa shape index (κ2) is 88.7. The molecule has 1 unspecified atom stereocenters. The van der Waals surface area contributed by atoms with Crippen molar-refractivity contribution >= 4 is 33.9 Å². The van der Waals surface area contributed by atoms with Crippen LogP contribution in [0.2, 0.25) is 0 Å². The third-order valence-electron chi connectivity index (χ3n) is 31.9. The molecule has 782 valence electrons. The Bertz CT molecular complexity index is 3280. The van der Waals surface area contributed by atoms with E-state index in [0.717, 1.165) is 55.2 Å². The molecule has 0 bridgehead atoms. The van der Waals surface area contributed by atoms with Gasteiger partial charge >= 0.3 is 6.03 Å². The minimum absolute atomic E-state index is 0.189. The highest BCUT2D eigenvalue weighted by Gasteiger charge is 2.25. The summed E-state index contributed by atoms with van der Waals surface area (Å²) < 4.78 is 7.88. The molecule has 7 heteroatoms. The molecule has 2 amide bonds. The molecular formula is C129H229N5O2. The summed E-state index contributed by atoms with van der Waals surface area (Å²) in [6.45, 7) is 12.2. The zero-order chi connectivity index (χ0) is 95.7. The van der Waals surface area contributed by atoms with Crippen molar-refractivity contribution in [2.45, 2.75) is 662 Å². The second-order valence-corrected chi connectivity index (χ2v) is 45.7. The van der Waals surface area contributed by atoms with Crippen molar-refractivity contribution in [3.63, 3.8) is 0 Å². The largest absolute Gasteiger partial charge is 0.379 e. The van der Waals surface area contributed by atoms with Gasteiger partial charge in [0.1, 0.15) is 5.82 Å². The fraction of sp³-hybridized carbons (Fsp3) is 0.829. The van der Waals surface area contributed by atoms with Gasteiger partial charge in [-0.2, -0.15) is 5.10 Å². The predicted molar refractivity (Wildman–Crippen MR) is 606 cm³/mol. The van der Waals surface area contributed by atoms with Gasteiger partial charge in [0.2, 0.25) is 0 Å². The standard InChI is InChI=1S/C129H229N5O2/c1-118-106-108-120(109-107-118)134-127(117-126(132-134)129(2,3)4)131-128(135)130-125-111-110-122(123-104-100-101-105-124(123)125)119-102-98-96-94-92-90-88-86-84-82-80-78-76-74-72-70-68-66-64-62-60-58-56-54-52-50-48-46-44-42-40-38-36-34-32-30-28-26-24-22-20-18-16-14-12-10-8-6-5-7-9-11-13-15-17-19-21-23-25-27-29-31-33-35-37-39-41-43-45-47-49-51-53-55-57-59-61-63-65-67-69-71-73-75-77-79-81-83-85-87-89-91-93-95-97-99-103-121(116-119)133-112-114-136-115-113-133/h100-101,104-111,116-117,121H,5-99,102-103,112-115H2,1-4H3,(H2,130,131,135). The van der Waals surface area contributed by atoms with Gasteiger partial charge in [-0.15, -0.1) is 0 Å². The lowest BCUT2D eigenvalue weighted by atomic mass is 9.90. The summed E-state index contributed by atoms with van der Waals surface area (Å²) in [5.74, 6) is 0.651. The van der Waals surface area contributed by atoms with Gasteiger partial charge in [0.05, 0.1) is 30.3 Å². The van der Waals surface area contributed by atoms with E-state index in [9.17, 15) is 4.79 Å². The van der Waals surface area contributed by atoms with Crippen LogP contribution in [0.25, 0.3) is 22.0 Å². The molecule has 2 N–H and O–H groups in total. The molecule has 136 heavy (non-hydrogen) atoms. The number of rotatable bonds is 5. The minimum Gasteiger partial charge on any atom is -0.379 e. The lowest BCUT2D eigenvalue weighted by Gasteiger charge is -2.34. The first-order valence-corrected chi connectivity index (χ1v) is 62.1. The molecule has 1 fully saturated rings. The van der Waals surface area contributed by atoms with E-state index < -0.39 is 0 Å². The summed E-state index contributed by atoms with van der Waals surface area (Å²) in [5.41, 5.74) is 6.44. The average molecular weight is 1880 g/mol. The Labute approximate surface area is 846 Å². The molecule has 7 nitrogen and oxygen atoms in total. The van der Waals surface area contributed by atoms with E-state index in [-0.39, 0.29) is 11.4 Å². The van der Waals surface area contributed by atoms with E-state index in [1.54, 1.807) is 0 Å². The molecule has 0 saturated carbocycles. The molecule has 6 rings (SSSR count). The number of carbonyl (C=O) groups is 1. The number of ether oxygens (including phenoxy) is 1. The van der Waals surface area contributed by atoms with Gasteiger partial charge in [0.25, 0.3) is 0 Å². The number of aryl methyl sites for hydroxylation is 1. The summed E-state index contributed by atoms with van der Waals surface area (Å²) in [6, 6.07) is 23.7. The van der Waals surface area contributed by atoms with E-state index in [1.165, 1.54) is 638 Å². The summed E-state index contributed by atoms with van der Waals surface area (Å²) in [4.78, 5) is 17.0. The van der Waals surface area contributed by atoms with Crippen molar-refractivity contribution in [3.05, 3.63) is 89.6 Å². The van der Waals surface area contributed by atoms with Gasteiger partial charge in [0.15, 0.2) is 0 Å². The third kappa shape index (κ3) is 66.8. The number of nitrogens with one attached hydrogen (secondary N) is 2. The molecule has 1 aliphatic carbocycles. The number of anilines is 2. The normalized spacial score (nSPS) is 22.2. The highest BCUT2D eigenvalue weighted by Crippen LogP contribution is 2.37. The van der Waals surface area contributed by atoms with Crippen molar-refractivity contribution in [3.8, 4) is 5.69 Å². The van der Waals surface area contributed by atoms with Crippen molar-refractivity contribution in [2.24, 2.45) is 0 Å². The SMILES string of the molecule is Cc1ccc(-n2nc(C(C)(C)C)cc2NC(=O)Nc2ccc(C3=CC(N4CCOCC4)CCCCCCCCCCCCCCCCCCCCCCCCCCCCCCCCCCCCCCCCCCCCCCCCCCCCCCCCCCCCCCCCCCCCCCCCCCCCCCCCCCCCCCCCCCCCCCCCC3)c3ccccc23)cc1. The Hall–Kier alpha value is -3.94. The van der Waals surface area contributed by atoms with Crippen molar-refractivity contribution in [1.29, 1.82) is 0 Å². The number of fused-ring (bicyclic) bond motifs is 1. The van der Waals surface area contributed by atoms with Crippen LogP contribution in [0.15, 0.2) is 72.8 Å². The van der Waals surface area contributed by atoms with Crippen LogP contribution in [0.1, 0.15) is 660 Å². The van der Waals surface area contributed by atoms with E-state index in [2.05, 4.69) is 110 Å². The number of benzene rings is 3. The molecule has 2 aliphatic rings. The summed E-state index contributed by atoms with van der Waals surface area (Å²) in [5, 5.41) is 13.8. The van der Waals surface area contributed by atoms with Crippen molar-refractivity contribution in [1.82, 2.24) is 14.7 Å². The summed E-state index contributed by atoms with van der Waals surface area (Å²) >= 11 is 0. The van der Waals surface area contributed by atoms with Gasteiger partial charge in [0, 0.05) is 36.0 Å². The lowest BCUT2D eigenvalue weighted by molar-refractivity contribution is 0.0238. The first kappa shape index (κ1) is 121. The van der Waals surface area contributed by atoms with Crippen LogP contribution < -0.4 is 10.6 Å². The molecule has 0 radical (unpaired) electrons. The van der Waals surface area contributed by atoms with Crippen LogP contribution in [0, 0.1) is 6.92 Å². The molecule has 3 aromatic carbocycles. The molecular weight excluding hydrogens is 1650 g/mol. The Kier molecular flexibility index (Phi) is 78.8. The maximum atomic E-state index is 14.2. The van der Waals surface area contributed by atoms with Gasteiger partial charge < -0.3 is 10.1 Å². The van der Waals surface area contributed by atoms with E-state index >= 15 is 0 Å². The number of aromatic nitrogens is 2. The van der Waals surface area contributed by atoms with Crippen LogP contribution in [-0.2, 0) is 10.2 Å². The summed E-state index contributed by atoms with van der Waals surface area (Å²) in [6.07, 6.45) is 144. The Morgan fingerprint density at radius 3 is 0.794 bits per heavy atom. The van der Waals surface area contributed by atoms with Gasteiger partial charge in [-0.25, -0.2) is 9.48 Å². The number of carbonyl (C=O) groups excluding carboxylic acids is 1. The zero-order valence-corrected chi connectivity index (χ0v) is 91.6. The predicted octanol–water partition coefficient (Wildman–Crippen LogP) is 44.2. The Morgan fingerprint density at radius 2 is 0.537 bits per heavy atom. The maximum absolute atomic E-state index is 14.2.